The fraction of sp³-hybridized carbons (Fsp3) is 0.273. The van der Waals surface area contributed by atoms with Crippen LogP contribution in [0.2, 0.25) is 0 Å². The molecule has 166 valence electrons. The molecule has 2 aromatic rings. The minimum Gasteiger partial charge on any atom is -0.459 e. The number of nitro benzene ring substituents is 1. The number of nitrogens with zero attached hydrogens (tertiary/aromatic N) is 2. The summed E-state index contributed by atoms with van der Waals surface area (Å²) in [5.74, 6) is 0.467. The van der Waals surface area contributed by atoms with Gasteiger partial charge in [-0.05, 0) is 50.6 Å². The van der Waals surface area contributed by atoms with Gasteiger partial charge in [0.2, 0.25) is 6.79 Å². The van der Waals surface area contributed by atoms with Crippen LogP contribution in [0, 0.1) is 10.1 Å². The number of rotatable bonds is 5. The third-order valence-electron chi connectivity index (χ3n) is 5.10. The Morgan fingerprint density at radius 3 is 2.53 bits per heavy atom. The van der Waals surface area contributed by atoms with E-state index in [1.54, 1.807) is 39.0 Å². The molecule has 1 atom stereocenters. The van der Waals surface area contributed by atoms with E-state index in [0.717, 1.165) is 0 Å². The topological polar surface area (TPSA) is 120 Å². The number of fused-ring (bicyclic) bond motifs is 1. The first-order chi connectivity index (χ1) is 15.3. The number of carbonyl (C=O) groups excluding carboxylic acids is 2. The molecule has 1 N–H and O–H groups in total. The first-order valence-corrected chi connectivity index (χ1v) is 9.92. The van der Waals surface area contributed by atoms with Crippen LogP contribution in [0.3, 0.4) is 0 Å². The van der Waals surface area contributed by atoms with Crippen molar-refractivity contribution in [1.29, 1.82) is 0 Å². The molecule has 0 bridgehead atoms. The predicted molar refractivity (Wildman–Crippen MR) is 113 cm³/mol. The minimum atomic E-state index is -0.834. The number of nitro groups is 1. The van der Waals surface area contributed by atoms with Gasteiger partial charge in [-0.2, -0.15) is 0 Å². The summed E-state index contributed by atoms with van der Waals surface area (Å²) < 4.78 is 16.2. The molecule has 0 spiro atoms. The molecule has 0 aromatic heterocycles. The number of amides is 2. The fourth-order valence-electron chi connectivity index (χ4n) is 3.66. The van der Waals surface area contributed by atoms with Gasteiger partial charge in [0.25, 0.3) is 5.69 Å². The second-order valence-electron chi connectivity index (χ2n) is 7.56. The zero-order chi connectivity index (χ0) is 23.0. The highest BCUT2D eigenvalue weighted by atomic mass is 16.7. The normalized spacial score (nSPS) is 17.4. The van der Waals surface area contributed by atoms with Crippen molar-refractivity contribution in [3.8, 4) is 11.5 Å². The van der Waals surface area contributed by atoms with E-state index in [9.17, 15) is 19.7 Å². The lowest BCUT2D eigenvalue weighted by atomic mass is 9.94. The summed E-state index contributed by atoms with van der Waals surface area (Å²) in [5, 5.41) is 13.8. The van der Waals surface area contributed by atoms with Crippen molar-refractivity contribution < 1.29 is 28.7 Å². The maximum atomic E-state index is 13.1. The van der Waals surface area contributed by atoms with E-state index < -0.39 is 23.0 Å². The maximum Gasteiger partial charge on any atom is 0.338 e. The molecule has 0 fully saturated rings. The molecule has 10 nitrogen and oxygen atoms in total. The average molecular weight is 439 g/mol. The molecule has 2 aliphatic heterocycles. The van der Waals surface area contributed by atoms with Crippen LogP contribution in [-0.2, 0) is 9.53 Å². The lowest BCUT2D eigenvalue weighted by Crippen LogP contribution is -2.48. The Morgan fingerprint density at radius 2 is 1.88 bits per heavy atom. The van der Waals surface area contributed by atoms with Crippen molar-refractivity contribution >= 4 is 23.4 Å². The molecule has 2 aliphatic rings. The number of carbonyl (C=O) groups is 2. The lowest BCUT2D eigenvalue weighted by Gasteiger charge is -2.35. The van der Waals surface area contributed by atoms with E-state index in [1.807, 2.05) is 0 Å². The highest BCUT2D eigenvalue weighted by Gasteiger charge is 2.38. The van der Waals surface area contributed by atoms with Crippen LogP contribution < -0.4 is 19.7 Å². The van der Waals surface area contributed by atoms with E-state index in [0.29, 0.717) is 28.4 Å². The van der Waals surface area contributed by atoms with Crippen molar-refractivity contribution in [3.05, 3.63) is 69.4 Å². The Bertz CT molecular complexity index is 1120. The SMILES string of the molecule is CC1=C(C(=O)OC(C)C)[C@@H](c2ccc([N+](=O)[O-])cc2)NC(=O)N1c1ccc2c(c1)OCO2. The Hall–Kier alpha value is -4.08. The third kappa shape index (κ3) is 3.82. The van der Waals surface area contributed by atoms with Gasteiger partial charge in [0, 0.05) is 23.9 Å². The van der Waals surface area contributed by atoms with Crippen LogP contribution in [0.5, 0.6) is 11.5 Å². The molecule has 0 saturated heterocycles. The Kier molecular flexibility index (Phi) is 5.43. The first kappa shape index (κ1) is 21.2. The molecule has 0 aliphatic carbocycles. The average Bonchev–Trinajstić information content (AvgIpc) is 3.20. The number of hydrogen-bond acceptors (Lipinski definition) is 7. The number of urea groups is 1. The van der Waals surface area contributed by atoms with E-state index >= 15 is 0 Å². The summed E-state index contributed by atoms with van der Waals surface area (Å²) in [6, 6.07) is 9.40. The molecular weight excluding hydrogens is 418 g/mol. The highest BCUT2D eigenvalue weighted by molar-refractivity contribution is 6.03. The number of nitrogens with one attached hydrogen (secondary N) is 1. The van der Waals surface area contributed by atoms with Gasteiger partial charge < -0.3 is 19.5 Å². The third-order valence-corrected chi connectivity index (χ3v) is 5.10. The summed E-state index contributed by atoms with van der Waals surface area (Å²) >= 11 is 0. The smallest absolute Gasteiger partial charge is 0.338 e. The number of ether oxygens (including phenoxy) is 3. The predicted octanol–water partition coefficient (Wildman–Crippen LogP) is 3.82. The van der Waals surface area contributed by atoms with E-state index in [2.05, 4.69) is 5.32 Å². The molecule has 2 aromatic carbocycles. The summed E-state index contributed by atoms with van der Waals surface area (Å²) in [5.41, 5.74) is 1.52. The second kappa shape index (κ2) is 8.22. The molecule has 2 heterocycles. The van der Waals surface area contributed by atoms with Crippen LogP contribution in [0.25, 0.3) is 0 Å². The second-order valence-corrected chi connectivity index (χ2v) is 7.56. The number of esters is 1. The van der Waals surface area contributed by atoms with Crippen molar-refractivity contribution in [3.63, 3.8) is 0 Å². The molecule has 0 radical (unpaired) electrons. The molecule has 0 unspecified atom stereocenters. The lowest BCUT2D eigenvalue weighted by molar-refractivity contribution is -0.384. The Labute approximate surface area is 183 Å². The molecule has 32 heavy (non-hydrogen) atoms. The zero-order valence-electron chi connectivity index (χ0n) is 17.7. The van der Waals surface area contributed by atoms with Crippen molar-refractivity contribution in [2.75, 3.05) is 11.7 Å². The van der Waals surface area contributed by atoms with Crippen LogP contribution in [0.4, 0.5) is 16.2 Å². The molecule has 2 amide bonds. The number of allylic oxidation sites excluding steroid dienone is 1. The Morgan fingerprint density at radius 1 is 1.19 bits per heavy atom. The monoisotopic (exact) mass is 439 g/mol. The highest BCUT2D eigenvalue weighted by Crippen LogP contribution is 2.39. The largest absolute Gasteiger partial charge is 0.459 e. The first-order valence-electron chi connectivity index (χ1n) is 9.92. The fourth-order valence-corrected chi connectivity index (χ4v) is 3.66. The standard InChI is InChI=1S/C22H21N3O7/c1-12(2)32-21(26)19-13(3)24(16-8-9-17-18(10-16)31-11-30-17)22(27)23-20(19)14-4-6-15(7-5-14)25(28)29/h4-10,12,20H,11H2,1-3H3,(H,23,27)/t20-/m1/s1. The minimum absolute atomic E-state index is 0.0913. The molecule has 0 saturated carbocycles. The van der Waals surface area contributed by atoms with Gasteiger partial charge in [-0.1, -0.05) is 0 Å². The quantitative estimate of drug-likeness (QED) is 0.427. The van der Waals surface area contributed by atoms with Gasteiger partial charge in [-0.15, -0.1) is 0 Å². The number of non-ortho nitro benzene ring substituents is 1. The van der Waals surface area contributed by atoms with Crippen LogP contribution in [0.15, 0.2) is 53.7 Å². The van der Waals surface area contributed by atoms with Gasteiger partial charge in [0.15, 0.2) is 11.5 Å². The molecular formula is C22H21N3O7. The summed E-state index contributed by atoms with van der Waals surface area (Å²) in [7, 11) is 0. The summed E-state index contributed by atoms with van der Waals surface area (Å²) in [6.45, 7) is 5.20. The maximum absolute atomic E-state index is 13.1. The number of anilines is 1. The van der Waals surface area contributed by atoms with E-state index in [4.69, 9.17) is 14.2 Å². The zero-order valence-corrected chi connectivity index (χ0v) is 17.7. The van der Waals surface area contributed by atoms with Gasteiger partial charge in [0.05, 0.1) is 28.3 Å². The molecule has 10 heteroatoms. The van der Waals surface area contributed by atoms with Crippen molar-refractivity contribution in [2.45, 2.75) is 32.9 Å². The van der Waals surface area contributed by atoms with Crippen molar-refractivity contribution in [1.82, 2.24) is 5.32 Å². The number of hydrogen-bond donors (Lipinski definition) is 1. The van der Waals surface area contributed by atoms with Gasteiger partial charge in [-0.3, -0.25) is 15.0 Å². The van der Waals surface area contributed by atoms with E-state index in [1.165, 1.54) is 29.2 Å². The molecule has 4 rings (SSSR count). The van der Waals surface area contributed by atoms with Crippen molar-refractivity contribution in [2.24, 2.45) is 0 Å². The summed E-state index contributed by atoms with van der Waals surface area (Å²) in [4.78, 5) is 38.0. The van der Waals surface area contributed by atoms with E-state index in [-0.39, 0.29) is 24.2 Å². The van der Waals surface area contributed by atoms with Gasteiger partial charge in [0.1, 0.15) is 0 Å². The summed E-state index contributed by atoms with van der Waals surface area (Å²) in [6.07, 6.45) is -0.378. The van der Waals surface area contributed by atoms with Gasteiger partial charge in [-0.25, -0.2) is 9.59 Å². The van der Waals surface area contributed by atoms with Crippen LogP contribution >= 0.6 is 0 Å². The number of benzene rings is 2. The van der Waals surface area contributed by atoms with Crippen LogP contribution in [0.1, 0.15) is 32.4 Å². The van der Waals surface area contributed by atoms with Crippen LogP contribution in [-0.4, -0.2) is 29.8 Å². The van der Waals surface area contributed by atoms with Gasteiger partial charge >= 0.3 is 12.0 Å². The Balaban J connectivity index is 1.79.